The summed E-state index contributed by atoms with van der Waals surface area (Å²) < 4.78 is 4.68. The van der Waals surface area contributed by atoms with E-state index in [0.717, 1.165) is 16.7 Å². The van der Waals surface area contributed by atoms with Crippen LogP contribution in [0.25, 0.3) is 11.1 Å². The number of nitrogens with zero attached hydrogens (tertiary/aromatic N) is 1. The fourth-order valence-electron chi connectivity index (χ4n) is 3.50. The number of rotatable bonds is 5. The van der Waals surface area contributed by atoms with E-state index in [1.54, 1.807) is 24.3 Å². The lowest BCUT2D eigenvalue weighted by molar-refractivity contribution is -0.151. The molecule has 5 nitrogen and oxygen atoms in total. The summed E-state index contributed by atoms with van der Waals surface area (Å²) in [6.07, 6.45) is 0. The molecule has 0 fully saturated rings. The minimum atomic E-state index is -0.912. The van der Waals surface area contributed by atoms with Gasteiger partial charge in [-0.15, -0.1) is 0 Å². The maximum absolute atomic E-state index is 12.8. The zero-order valence-corrected chi connectivity index (χ0v) is 19.7. The Labute approximate surface area is 195 Å². The van der Waals surface area contributed by atoms with Crippen molar-refractivity contribution in [2.75, 3.05) is 12.0 Å². The highest BCUT2D eigenvalue weighted by Gasteiger charge is 2.24. The average molecular weight is 444 g/mol. The smallest absolute Gasteiger partial charge is 0.397 e. The number of Topliss-reactive ketones (excluding diaryl/α,β-unsaturated/α-hetero) is 1. The van der Waals surface area contributed by atoms with E-state index < -0.39 is 11.9 Å². The van der Waals surface area contributed by atoms with Gasteiger partial charge in [-0.25, -0.2) is 4.79 Å². The predicted octanol–water partition coefficient (Wildman–Crippen LogP) is 5.56. The van der Waals surface area contributed by atoms with Crippen molar-refractivity contribution in [1.82, 2.24) is 0 Å². The SMILES string of the molecule is COC(=O)C(=O)N(Cc1ccc(C(C)(C)C)cc1)c1ccc(-c2ccc(C(C)=O)cc2)cc1. The molecule has 1 amide bonds. The second-order valence-corrected chi connectivity index (χ2v) is 9.01. The standard InChI is InChI=1S/C28H29NO4/c1-19(30)21-8-10-22(11-9-21)23-12-16-25(17-13-23)29(26(31)27(32)33-5)18-20-6-14-24(15-7-20)28(2,3)4/h6-17H,18H2,1-5H3. The minimum Gasteiger partial charge on any atom is -0.462 e. The number of benzene rings is 3. The number of carbonyl (C=O) groups excluding carboxylic acids is 3. The van der Waals surface area contributed by atoms with Crippen LogP contribution in [0.4, 0.5) is 5.69 Å². The number of hydrogen-bond donors (Lipinski definition) is 0. The zero-order chi connectivity index (χ0) is 24.2. The van der Waals surface area contributed by atoms with E-state index in [0.29, 0.717) is 11.3 Å². The van der Waals surface area contributed by atoms with Gasteiger partial charge in [0, 0.05) is 11.3 Å². The van der Waals surface area contributed by atoms with Crippen LogP contribution >= 0.6 is 0 Å². The number of amides is 1. The summed E-state index contributed by atoms with van der Waals surface area (Å²) in [5.41, 5.74) is 5.26. The monoisotopic (exact) mass is 443 g/mol. The van der Waals surface area contributed by atoms with Gasteiger partial charge in [0.2, 0.25) is 0 Å². The van der Waals surface area contributed by atoms with Gasteiger partial charge >= 0.3 is 11.9 Å². The number of hydrogen-bond acceptors (Lipinski definition) is 4. The highest BCUT2D eigenvalue weighted by Crippen LogP contribution is 2.26. The quantitative estimate of drug-likeness (QED) is 0.294. The molecule has 0 aromatic heterocycles. The van der Waals surface area contributed by atoms with Crippen LogP contribution in [0.2, 0.25) is 0 Å². The maximum atomic E-state index is 12.8. The molecular weight excluding hydrogens is 414 g/mol. The molecule has 0 radical (unpaired) electrons. The number of ketones is 1. The Hall–Kier alpha value is -3.73. The Balaban J connectivity index is 1.88. The molecule has 0 N–H and O–H groups in total. The van der Waals surface area contributed by atoms with Crippen molar-refractivity contribution >= 4 is 23.3 Å². The molecule has 0 aliphatic carbocycles. The van der Waals surface area contributed by atoms with E-state index in [9.17, 15) is 14.4 Å². The second-order valence-electron chi connectivity index (χ2n) is 9.01. The van der Waals surface area contributed by atoms with Crippen molar-refractivity contribution in [1.29, 1.82) is 0 Å². The largest absolute Gasteiger partial charge is 0.462 e. The molecule has 3 rings (SSSR count). The molecule has 0 atom stereocenters. The number of esters is 1. The van der Waals surface area contributed by atoms with E-state index in [4.69, 9.17) is 0 Å². The van der Waals surface area contributed by atoms with Crippen LogP contribution in [0.15, 0.2) is 72.8 Å². The van der Waals surface area contributed by atoms with Crippen LogP contribution < -0.4 is 4.90 Å². The summed E-state index contributed by atoms with van der Waals surface area (Å²) in [6, 6.07) is 22.8. The Bertz CT molecular complexity index is 1140. The molecular formula is C28H29NO4. The third-order valence-electron chi connectivity index (χ3n) is 5.57. The van der Waals surface area contributed by atoms with E-state index >= 15 is 0 Å². The summed E-state index contributed by atoms with van der Waals surface area (Å²) in [5, 5.41) is 0. The summed E-state index contributed by atoms with van der Waals surface area (Å²) in [7, 11) is 1.20. The van der Waals surface area contributed by atoms with Crippen molar-refractivity contribution in [3.8, 4) is 11.1 Å². The summed E-state index contributed by atoms with van der Waals surface area (Å²) in [6.45, 7) is 8.21. The molecule has 0 spiro atoms. The lowest BCUT2D eigenvalue weighted by atomic mass is 9.87. The number of methoxy groups -OCH3 is 1. The minimum absolute atomic E-state index is 0.0180. The summed E-state index contributed by atoms with van der Waals surface area (Å²) in [5.74, 6) is -1.62. The Morgan fingerprint density at radius 3 is 1.76 bits per heavy atom. The van der Waals surface area contributed by atoms with Crippen LogP contribution in [0, 0.1) is 0 Å². The first-order valence-electron chi connectivity index (χ1n) is 10.8. The molecule has 5 heteroatoms. The van der Waals surface area contributed by atoms with Gasteiger partial charge in [0.25, 0.3) is 0 Å². The molecule has 0 aliphatic rings. The van der Waals surface area contributed by atoms with Gasteiger partial charge in [0.05, 0.1) is 13.7 Å². The summed E-state index contributed by atoms with van der Waals surface area (Å²) in [4.78, 5) is 37.7. The first-order chi connectivity index (χ1) is 15.6. The number of anilines is 1. The molecule has 0 saturated carbocycles. The first-order valence-corrected chi connectivity index (χ1v) is 10.8. The Morgan fingerprint density at radius 2 is 1.30 bits per heavy atom. The molecule has 3 aromatic rings. The van der Waals surface area contributed by atoms with Crippen molar-refractivity contribution in [2.45, 2.75) is 39.7 Å². The van der Waals surface area contributed by atoms with Gasteiger partial charge < -0.3 is 4.74 Å². The molecule has 0 bridgehead atoms. The summed E-state index contributed by atoms with van der Waals surface area (Å²) >= 11 is 0. The Morgan fingerprint density at radius 1 is 0.788 bits per heavy atom. The van der Waals surface area contributed by atoms with Gasteiger partial charge in [-0.1, -0.05) is 81.4 Å². The van der Waals surface area contributed by atoms with Crippen LogP contribution in [0.3, 0.4) is 0 Å². The molecule has 0 saturated heterocycles. The van der Waals surface area contributed by atoms with E-state index in [2.05, 4.69) is 25.5 Å². The highest BCUT2D eigenvalue weighted by molar-refractivity contribution is 6.38. The van der Waals surface area contributed by atoms with E-state index in [1.807, 2.05) is 48.5 Å². The van der Waals surface area contributed by atoms with Crippen LogP contribution in [0.1, 0.15) is 49.2 Å². The molecule has 0 heterocycles. The van der Waals surface area contributed by atoms with Crippen LogP contribution in [0.5, 0.6) is 0 Å². The topological polar surface area (TPSA) is 63.7 Å². The van der Waals surface area contributed by atoms with Gasteiger partial charge in [-0.3, -0.25) is 14.5 Å². The molecule has 0 aliphatic heterocycles. The van der Waals surface area contributed by atoms with Crippen LogP contribution in [-0.2, 0) is 26.3 Å². The van der Waals surface area contributed by atoms with Crippen molar-refractivity contribution < 1.29 is 19.1 Å². The van der Waals surface area contributed by atoms with Crippen molar-refractivity contribution in [2.24, 2.45) is 0 Å². The molecule has 33 heavy (non-hydrogen) atoms. The normalized spacial score (nSPS) is 11.1. The highest BCUT2D eigenvalue weighted by atomic mass is 16.5. The van der Waals surface area contributed by atoms with Crippen LogP contribution in [-0.4, -0.2) is 24.8 Å². The fourth-order valence-corrected chi connectivity index (χ4v) is 3.50. The zero-order valence-electron chi connectivity index (χ0n) is 19.7. The van der Waals surface area contributed by atoms with E-state index in [1.165, 1.54) is 24.5 Å². The lowest BCUT2D eigenvalue weighted by Gasteiger charge is -2.23. The third kappa shape index (κ3) is 5.75. The Kier molecular flexibility index (Phi) is 7.12. The predicted molar refractivity (Wildman–Crippen MR) is 130 cm³/mol. The van der Waals surface area contributed by atoms with Gasteiger partial charge in [-0.2, -0.15) is 0 Å². The first kappa shape index (κ1) is 23.9. The van der Waals surface area contributed by atoms with Gasteiger partial charge in [0.15, 0.2) is 5.78 Å². The fraction of sp³-hybridized carbons (Fsp3) is 0.250. The van der Waals surface area contributed by atoms with Crippen molar-refractivity contribution in [3.05, 3.63) is 89.5 Å². The number of ether oxygens (including phenoxy) is 1. The average Bonchev–Trinajstić information content (AvgIpc) is 2.81. The third-order valence-corrected chi connectivity index (χ3v) is 5.57. The molecule has 170 valence electrons. The molecule has 0 unspecified atom stereocenters. The van der Waals surface area contributed by atoms with E-state index in [-0.39, 0.29) is 17.7 Å². The molecule has 3 aromatic carbocycles. The van der Waals surface area contributed by atoms with Gasteiger partial charge in [-0.05, 0) is 46.7 Å². The van der Waals surface area contributed by atoms with Gasteiger partial charge in [0.1, 0.15) is 0 Å². The second kappa shape index (κ2) is 9.82. The lowest BCUT2D eigenvalue weighted by Crippen LogP contribution is -2.36. The van der Waals surface area contributed by atoms with Crippen molar-refractivity contribution in [3.63, 3.8) is 0 Å². The maximum Gasteiger partial charge on any atom is 0.397 e. The number of carbonyl (C=O) groups is 3.